The number of carbonyl (C=O) groups excluding carboxylic acids is 1. The van der Waals surface area contributed by atoms with E-state index < -0.39 is 18.6 Å². The van der Waals surface area contributed by atoms with Gasteiger partial charge in [0.15, 0.2) is 11.5 Å². The first-order valence-corrected chi connectivity index (χ1v) is 7.86. The zero-order valence-corrected chi connectivity index (χ0v) is 13.8. The monoisotopic (exact) mass is 358 g/mol. The smallest absolute Gasteiger partial charge is 0.387 e. The highest BCUT2D eigenvalue weighted by atomic mass is 19.3. The van der Waals surface area contributed by atoms with Crippen molar-refractivity contribution in [2.75, 3.05) is 0 Å². The van der Waals surface area contributed by atoms with E-state index in [1.54, 1.807) is 35.7 Å². The zero-order valence-electron chi connectivity index (χ0n) is 13.8. The molecule has 2 heterocycles. The largest absolute Gasteiger partial charge is 0.434 e. The molecule has 0 saturated carbocycles. The van der Waals surface area contributed by atoms with Crippen LogP contribution < -0.4 is 10.1 Å². The van der Waals surface area contributed by atoms with Crippen molar-refractivity contribution in [1.82, 2.24) is 19.9 Å². The molecule has 0 bridgehead atoms. The van der Waals surface area contributed by atoms with Crippen LogP contribution in [0.15, 0.2) is 54.7 Å². The lowest BCUT2D eigenvalue weighted by atomic mass is 10.2. The fraction of sp³-hybridized carbons (Fsp3) is 0.167. The van der Waals surface area contributed by atoms with Crippen LogP contribution in [0.2, 0.25) is 0 Å². The van der Waals surface area contributed by atoms with Crippen molar-refractivity contribution in [3.63, 3.8) is 0 Å². The number of amides is 1. The number of para-hydroxylation sites is 1. The number of nitrogens with zero attached hydrogens (tertiary/aromatic N) is 3. The second-order valence-electron chi connectivity index (χ2n) is 5.47. The molecule has 0 aliphatic carbocycles. The fourth-order valence-electron chi connectivity index (χ4n) is 2.47. The second kappa shape index (κ2) is 7.73. The number of hydrogen-bond donors (Lipinski definition) is 1. The van der Waals surface area contributed by atoms with Crippen molar-refractivity contribution < 1.29 is 18.3 Å². The predicted molar refractivity (Wildman–Crippen MR) is 91.7 cm³/mol. The normalized spacial score (nSPS) is 12.6. The Kier molecular flexibility index (Phi) is 5.21. The number of carbonyl (C=O) groups is 1. The summed E-state index contributed by atoms with van der Waals surface area (Å²) < 4.78 is 31.0. The minimum absolute atomic E-state index is 0.00282. The molecule has 0 saturated heterocycles. The van der Waals surface area contributed by atoms with Crippen LogP contribution in [-0.2, 0) is 4.79 Å². The molecule has 134 valence electrons. The number of hydrogen-bond acceptors (Lipinski definition) is 4. The number of fused-ring (bicyclic) bond motifs is 1. The summed E-state index contributed by atoms with van der Waals surface area (Å²) in [5.41, 5.74) is 1.06. The fourth-order valence-corrected chi connectivity index (χ4v) is 2.47. The molecule has 0 aliphatic rings. The number of halogens is 2. The summed E-state index contributed by atoms with van der Waals surface area (Å²) in [4.78, 5) is 12.1. The Labute approximate surface area is 148 Å². The number of alkyl halides is 2. The number of rotatable bonds is 6. The Balaban J connectivity index is 1.70. The van der Waals surface area contributed by atoms with Gasteiger partial charge in [-0.2, -0.15) is 8.78 Å². The molecular weight excluding hydrogens is 342 g/mol. The molecular formula is C18H16F2N4O2. The van der Waals surface area contributed by atoms with Crippen LogP contribution in [0.5, 0.6) is 5.75 Å². The molecule has 3 rings (SSSR count). The van der Waals surface area contributed by atoms with Gasteiger partial charge in [0.1, 0.15) is 5.75 Å². The molecule has 1 unspecified atom stereocenters. The van der Waals surface area contributed by atoms with Crippen LogP contribution in [0.25, 0.3) is 11.7 Å². The van der Waals surface area contributed by atoms with Gasteiger partial charge in [-0.1, -0.05) is 24.3 Å². The van der Waals surface area contributed by atoms with E-state index in [-0.39, 0.29) is 5.75 Å². The lowest BCUT2D eigenvalue weighted by molar-refractivity contribution is -0.117. The molecule has 1 aromatic carbocycles. The van der Waals surface area contributed by atoms with Gasteiger partial charge >= 0.3 is 6.61 Å². The van der Waals surface area contributed by atoms with E-state index in [1.807, 2.05) is 18.2 Å². The van der Waals surface area contributed by atoms with Crippen LogP contribution in [0.3, 0.4) is 0 Å². The molecule has 2 aromatic heterocycles. The summed E-state index contributed by atoms with van der Waals surface area (Å²) in [5, 5.41) is 10.9. The molecule has 0 radical (unpaired) electrons. The lowest BCUT2D eigenvalue weighted by Gasteiger charge is -2.11. The molecule has 26 heavy (non-hydrogen) atoms. The summed E-state index contributed by atoms with van der Waals surface area (Å²) >= 11 is 0. The van der Waals surface area contributed by atoms with Crippen LogP contribution in [-0.4, -0.2) is 27.1 Å². The SMILES string of the molecule is CC(NC(=O)/C=C/c1ccccc1OC(F)F)c1nnc2ccccn12. The van der Waals surface area contributed by atoms with Crippen molar-refractivity contribution in [3.05, 3.63) is 66.1 Å². The Hall–Kier alpha value is -3.29. The Morgan fingerprint density at radius 2 is 1.96 bits per heavy atom. The third-order valence-electron chi connectivity index (χ3n) is 3.64. The second-order valence-corrected chi connectivity index (χ2v) is 5.47. The van der Waals surface area contributed by atoms with Gasteiger partial charge in [-0.25, -0.2) is 0 Å². The molecule has 0 fully saturated rings. The molecule has 1 N–H and O–H groups in total. The number of pyridine rings is 1. The third-order valence-corrected chi connectivity index (χ3v) is 3.64. The average molecular weight is 358 g/mol. The van der Waals surface area contributed by atoms with E-state index in [2.05, 4.69) is 20.3 Å². The zero-order chi connectivity index (χ0) is 18.5. The summed E-state index contributed by atoms with van der Waals surface area (Å²) in [6.07, 6.45) is 4.48. The summed E-state index contributed by atoms with van der Waals surface area (Å²) in [6, 6.07) is 11.3. The molecule has 0 spiro atoms. The number of ether oxygens (including phenoxy) is 1. The predicted octanol–water partition coefficient (Wildman–Crippen LogP) is 3.22. The molecule has 1 atom stereocenters. The minimum Gasteiger partial charge on any atom is -0.434 e. The van der Waals surface area contributed by atoms with Gasteiger partial charge < -0.3 is 10.1 Å². The number of nitrogens with one attached hydrogen (secondary N) is 1. The van der Waals surface area contributed by atoms with Crippen molar-refractivity contribution in [1.29, 1.82) is 0 Å². The lowest BCUT2D eigenvalue weighted by Crippen LogP contribution is -2.26. The molecule has 1 amide bonds. The van der Waals surface area contributed by atoms with E-state index in [1.165, 1.54) is 18.2 Å². The highest BCUT2D eigenvalue weighted by molar-refractivity contribution is 5.92. The highest BCUT2D eigenvalue weighted by Crippen LogP contribution is 2.21. The topological polar surface area (TPSA) is 68.5 Å². The minimum atomic E-state index is -2.93. The summed E-state index contributed by atoms with van der Waals surface area (Å²) in [7, 11) is 0. The maximum atomic E-state index is 12.4. The maximum absolute atomic E-state index is 12.4. The van der Waals surface area contributed by atoms with Gasteiger partial charge in [-0.3, -0.25) is 9.20 Å². The highest BCUT2D eigenvalue weighted by Gasteiger charge is 2.14. The number of benzene rings is 1. The van der Waals surface area contributed by atoms with Crippen LogP contribution in [0.4, 0.5) is 8.78 Å². The third kappa shape index (κ3) is 4.02. The molecule has 6 nitrogen and oxygen atoms in total. The average Bonchev–Trinajstić information content (AvgIpc) is 3.05. The Morgan fingerprint density at radius 3 is 2.77 bits per heavy atom. The van der Waals surface area contributed by atoms with Gasteiger partial charge in [0.05, 0.1) is 6.04 Å². The summed E-state index contributed by atoms with van der Waals surface area (Å²) in [5.74, 6) is 0.198. The first kappa shape index (κ1) is 17.5. The summed E-state index contributed by atoms with van der Waals surface area (Å²) in [6.45, 7) is -1.15. The van der Waals surface area contributed by atoms with Crippen molar-refractivity contribution in [2.45, 2.75) is 19.6 Å². The van der Waals surface area contributed by atoms with Crippen molar-refractivity contribution >= 4 is 17.6 Å². The van der Waals surface area contributed by atoms with Gasteiger partial charge in [-0.05, 0) is 31.2 Å². The van der Waals surface area contributed by atoms with Gasteiger partial charge in [0, 0.05) is 17.8 Å². The van der Waals surface area contributed by atoms with Crippen LogP contribution in [0.1, 0.15) is 24.4 Å². The Bertz CT molecular complexity index is 940. The molecule has 3 aromatic rings. The quantitative estimate of drug-likeness (QED) is 0.687. The molecule has 0 aliphatic heterocycles. The van der Waals surface area contributed by atoms with E-state index in [4.69, 9.17) is 0 Å². The van der Waals surface area contributed by atoms with E-state index in [0.717, 1.165) is 0 Å². The first-order valence-electron chi connectivity index (χ1n) is 7.86. The maximum Gasteiger partial charge on any atom is 0.387 e. The van der Waals surface area contributed by atoms with E-state index >= 15 is 0 Å². The van der Waals surface area contributed by atoms with E-state index in [9.17, 15) is 13.6 Å². The standard InChI is InChI=1S/C18H16F2N4O2/c1-12(17-23-22-15-8-4-5-11-24(15)17)21-16(25)10-9-13-6-2-3-7-14(13)26-18(19)20/h2-12,18H,1H3,(H,21,25)/b10-9+. The van der Waals surface area contributed by atoms with Crippen LogP contribution in [0, 0.1) is 0 Å². The molecule has 8 heteroatoms. The first-order chi connectivity index (χ1) is 12.5. The van der Waals surface area contributed by atoms with Crippen molar-refractivity contribution in [2.24, 2.45) is 0 Å². The van der Waals surface area contributed by atoms with Crippen LogP contribution >= 0.6 is 0 Å². The Morgan fingerprint density at radius 1 is 1.19 bits per heavy atom. The van der Waals surface area contributed by atoms with Gasteiger partial charge in [0.2, 0.25) is 5.91 Å². The van der Waals surface area contributed by atoms with Gasteiger partial charge in [-0.15, -0.1) is 10.2 Å². The van der Waals surface area contributed by atoms with Gasteiger partial charge in [0.25, 0.3) is 0 Å². The van der Waals surface area contributed by atoms with E-state index in [0.29, 0.717) is 17.0 Å². The number of aromatic nitrogens is 3. The van der Waals surface area contributed by atoms with Crippen molar-refractivity contribution in [3.8, 4) is 5.75 Å².